The van der Waals surface area contributed by atoms with Gasteiger partial charge in [0.15, 0.2) is 0 Å². The van der Waals surface area contributed by atoms with Gasteiger partial charge in [-0.15, -0.1) is 6.58 Å². The van der Waals surface area contributed by atoms with Crippen LogP contribution < -0.4 is 4.74 Å². The van der Waals surface area contributed by atoms with Crippen molar-refractivity contribution in [2.45, 2.75) is 37.4 Å². The van der Waals surface area contributed by atoms with Crippen LogP contribution in [0.4, 0.5) is 0 Å². The first-order valence-corrected chi connectivity index (χ1v) is 11.3. The normalized spacial score (nSPS) is 25.8. The van der Waals surface area contributed by atoms with Crippen molar-refractivity contribution < 1.29 is 9.84 Å². The SMILES string of the molecule is C=CC1CC2CCN1[C@H](C(N=Cc1ccccc1O)c1ccnc3ccc(OC)cc13)C2. The van der Waals surface area contributed by atoms with E-state index in [0.717, 1.165) is 40.7 Å². The van der Waals surface area contributed by atoms with Gasteiger partial charge in [-0.1, -0.05) is 18.2 Å². The number of hydrogen-bond acceptors (Lipinski definition) is 5. The summed E-state index contributed by atoms with van der Waals surface area (Å²) in [5.41, 5.74) is 2.80. The second-order valence-electron chi connectivity index (χ2n) is 8.80. The summed E-state index contributed by atoms with van der Waals surface area (Å²) < 4.78 is 5.51. The fourth-order valence-electron chi connectivity index (χ4n) is 5.41. The second-order valence-corrected chi connectivity index (χ2v) is 8.80. The topological polar surface area (TPSA) is 58.0 Å². The number of hydrogen-bond donors (Lipinski definition) is 1. The first kappa shape index (κ1) is 20.7. The van der Waals surface area contributed by atoms with E-state index in [1.54, 1.807) is 13.2 Å². The number of ether oxygens (including phenoxy) is 1. The zero-order chi connectivity index (χ0) is 22.1. The monoisotopic (exact) mass is 427 g/mol. The van der Waals surface area contributed by atoms with E-state index in [-0.39, 0.29) is 17.8 Å². The Bertz CT molecular complexity index is 1160. The number of piperidine rings is 3. The van der Waals surface area contributed by atoms with E-state index in [1.165, 1.54) is 12.8 Å². The summed E-state index contributed by atoms with van der Waals surface area (Å²) in [5, 5.41) is 11.3. The summed E-state index contributed by atoms with van der Waals surface area (Å²) in [6, 6.07) is 16.0. The van der Waals surface area contributed by atoms with Crippen LogP contribution in [0.5, 0.6) is 11.5 Å². The number of pyridine rings is 1. The fourth-order valence-corrected chi connectivity index (χ4v) is 5.41. The number of fused-ring (bicyclic) bond motifs is 4. The maximum absolute atomic E-state index is 10.3. The first-order chi connectivity index (χ1) is 15.7. The smallest absolute Gasteiger partial charge is 0.124 e. The van der Waals surface area contributed by atoms with Crippen molar-refractivity contribution in [2.24, 2.45) is 10.9 Å². The lowest BCUT2D eigenvalue weighted by Crippen LogP contribution is -2.55. The molecular weight excluding hydrogens is 398 g/mol. The number of rotatable bonds is 6. The second kappa shape index (κ2) is 8.75. The highest BCUT2D eigenvalue weighted by Gasteiger charge is 2.42. The summed E-state index contributed by atoms with van der Waals surface area (Å²) in [7, 11) is 1.69. The molecule has 1 aromatic heterocycles. The molecule has 164 valence electrons. The summed E-state index contributed by atoms with van der Waals surface area (Å²) in [6.45, 7) is 5.18. The van der Waals surface area contributed by atoms with Crippen LogP contribution in [0, 0.1) is 5.92 Å². The van der Waals surface area contributed by atoms with Crippen LogP contribution in [-0.2, 0) is 0 Å². The van der Waals surface area contributed by atoms with Gasteiger partial charge in [-0.05, 0) is 73.7 Å². The van der Waals surface area contributed by atoms with E-state index >= 15 is 0 Å². The Morgan fingerprint density at radius 3 is 2.88 bits per heavy atom. The van der Waals surface area contributed by atoms with E-state index in [4.69, 9.17) is 9.73 Å². The van der Waals surface area contributed by atoms with Gasteiger partial charge in [0.25, 0.3) is 0 Å². The number of aliphatic imine (C=N–C) groups is 1. The minimum atomic E-state index is -0.0854. The molecule has 0 amide bonds. The minimum Gasteiger partial charge on any atom is -0.507 e. The highest BCUT2D eigenvalue weighted by Crippen LogP contribution is 2.44. The van der Waals surface area contributed by atoms with Crippen LogP contribution in [0.2, 0.25) is 0 Å². The fraction of sp³-hybridized carbons (Fsp3) is 0.333. The Labute approximate surface area is 189 Å². The molecule has 4 heterocycles. The third kappa shape index (κ3) is 3.78. The number of benzene rings is 2. The van der Waals surface area contributed by atoms with Crippen molar-refractivity contribution in [3.05, 3.63) is 78.5 Å². The van der Waals surface area contributed by atoms with E-state index in [0.29, 0.717) is 12.0 Å². The zero-order valence-electron chi connectivity index (χ0n) is 18.4. The van der Waals surface area contributed by atoms with Gasteiger partial charge in [-0.3, -0.25) is 14.9 Å². The van der Waals surface area contributed by atoms with Gasteiger partial charge in [0, 0.05) is 35.4 Å². The summed E-state index contributed by atoms with van der Waals surface area (Å²) in [4.78, 5) is 12.3. The van der Waals surface area contributed by atoms with Crippen LogP contribution in [0.1, 0.15) is 36.4 Å². The molecule has 5 nitrogen and oxygen atoms in total. The van der Waals surface area contributed by atoms with Crippen molar-refractivity contribution in [2.75, 3.05) is 13.7 Å². The molecule has 3 fully saturated rings. The number of phenols is 1. The predicted octanol–water partition coefficient (Wildman–Crippen LogP) is 5.15. The Morgan fingerprint density at radius 2 is 2.09 bits per heavy atom. The molecule has 0 radical (unpaired) electrons. The largest absolute Gasteiger partial charge is 0.507 e. The van der Waals surface area contributed by atoms with Gasteiger partial charge in [0.2, 0.25) is 0 Å². The number of para-hydroxylation sites is 1. The first-order valence-electron chi connectivity index (χ1n) is 11.3. The molecule has 0 saturated carbocycles. The average Bonchev–Trinajstić information content (AvgIpc) is 2.85. The van der Waals surface area contributed by atoms with Crippen molar-refractivity contribution in [3.8, 4) is 11.5 Å². The minimum absolute atomic E-state index is 0.0854. The number of phenolic OH excluding ortho intramolecular Hbond substituents is 1. The molecule has 2 bridgehead atoms. The molecule has 0 aliphatic carbocycles. The van der Waals surface area contributed by atoms with Crippen LogP contribution in [0.25, 0.3) is 10.9 Å². The lowest BCUT2D eigenvalue weighted by Gasteiger charge is -2.51. The zero-order valence-corrected chi connectivity index (χ0v) is 18.4. The lowest BCUT2D eigenvalue weighted by atomic mass is 9.75. The van der Waals surface area contributed by atoms with Gasteiger partial charge in [-0.2, -0.15) is 0 Å². The third-order valence-corrected chi connectivity index (χ3v) is 7.05. The molecule has 5 heteroatoms. The molecule has 3 saturated heterocycles. The molecule has 5 atom stereocenters. The number of nitrogens with zero attached hydrogens (tertiary/aromatic N) is 3. The van der Waals surface area contributed by atoms with Gasteiger partial charge in [0.05, 0.1) is 18.7 Å². The summed E-state index contributed by atoms with van der Waals surface area (Å²) in [5.74, 6) is 1.74. The maximum atomic E-state index is 10.3. The maximum Gasteiger partial charge on any atom is 0.124 e. The third-order valence-electron chi connectivity index (χ3n) is 7.05. The molecule has 3 aliphatic heterocycles. The Morgan fingerprint density at radius 1 is 1.22 bits per heavy atom. The Kier molecular flexibility index (Phi) is 5.66. The number of aromatic nitrogens is 1. The van der Waals surface area contributed by atoms with E-state index in [1.807, 2.05) is 42.7 Å². The molecule has 0 spiro atoms. The lowest BCUT2D eigenvalue weighted by molar-refractivity contribution is 0.00559. The highest BCUT2D eigenvalue weighted by molar-refractivity contribution is 5.86. The van der Waals surface area contributed by atoms with E-state index in [2.05, 4.69) is 34.7 Å². The number of methoxy groups -OCH3 is 1. The average molecular weight is 428 g/mol. The standard InChI is InChI=1S/C27H29N3O2/c1-3-20-14-18-11-13-30(20)25(15-18)27(29-17-19-6-4-5-7-26(19)31)22-10-12-28-24-9-8-21(32-2)16-23(22)24/h3-10,12,16-18,20,25,27,31H,1,11,13-15H2,2H3/t18?,20?,25-,27?/m0/s1. The quantitative estimate of drug-likeness (QED) is 0.437. The van der Waals surface area contributed by atoms with Gasteiger partial charge >= 0.3 is 0 Å². The van der Waals surface area contributed by atoms with Crippen LogP contribution in [0.3, 0.4) is 0 Å². The van der Waals surface area contributed by atoms with Crippen LogP contribution in [-0.4, -0.2) is 46.9 Å². The molecular formula is C27H29N3O2. The van der Waals surface area contributed by atoms with Crippen molar-refractivity contribution >= 4 is 17.1 Å². The van der Waals surface area contributed by atoms with E-state index < -0.39 is 0 Å². The summed E-state index contributed by atoms with van der Waals surface area (Å²) >= 11 is 0. The van der Waals surface area contributed by atoms with Crippen molar-refractivity contribution in [3.63, 3.8) is 0 Å². The van der Waals surface area contributed by atoms with Crippen LogP contribution in [0.15, 0.2) is 72.4 Å². The molecule has 6 rings (SSSR count). The van der Waals surface area contributed by atoms with E-state index in [9.17, 15) is 5.11 Å². The molecule has 4 unspecified atom stereocenters. The van der Waals surface area contributed by atoms with Crippen molar-refractivity contribution in [1.82, 2.24) is 9.88 Å². The van der Waals surface area contributed by atoms with Crippen LogP contribution >= 0.6 is 0 Å². The molecule has 3 aliphatic rings. The van der Waals surface area contributed by atoms with Crippen molar-refractivity contribution in [1.29, 1.82) is 0 Å². The van der Waals surface area contributed by atoms with Gasteiger partial charge in [0.1, 0.15) is 11.5 Å². The predicted molar refractivity (Wildman–Crippen MR) is 129 cm³/mol. The number of aromatic hydroxyl groups is 1. The molecule has 1 N–H and O–H groups in total. The molecule has 32 heavy (non-hydrogen) atoms. The van der Waals surface area contributed by atoms with Gasteiger partial charge < -0.3 is 9.84 Å². The Hall–Kier alpha value is -3.18. The molecule has 2 aromatic carbocycles. The molecule has 3 aromatic rings. The summed E-state index contributed by atoms with van der Waals surface area (Å²) in [6.07, 6.45) is 9.31. The highest BCUT2D eigenvalue weighted by atomic mass is 16.5. The Balaban J connectivity index is 1.63. The van der Waals surface area contributed by atoms with Gasteiger partial charge in [-0.25, -0.2) is 0 Å².